The van der Waals surface area contributed by atoms with Crippen molar-refractivity contribution < 1.29 is 29.1 Å². The molecular formula is C19H32N8O6. The van der Waals surface area contributed by atoms with Crippen LogP contribution in [0.4, 0.5) is 0 Å². The van der Waals surface area contributed by atoms with Crippen molar-refractivity contribution in [3.63, 3.8) is 0 Å². The standard InChI is InChI=1S/C19H32N8O6/c20-6-2-1-3-13(18(32)24-9-16(29)30)26-19(33)14(7-11-8-23-10-25-11)27-17(31)12(21)4-5-15(22)28/h8,10,12-14H,1-7,9,20-21H2,(H2,22,28)(H,23,25)(H,24,32)(H,26,33)(H,27,31)(H,29,30). The normalized spacial score (nSPS) is 13.4. The highest BCUT2D eigenvalue weighted by molar-refractivity contribution is 5.93. The Morgan fingerprint density at radius 3 is 2.30 bits per heavy atom. The molecule has 0 saturated heterocycles. The predicted molar refractivity (Wildman–Crippen MR) is 116 cm³/mol. The molecule has 0 aliphatic carbocycles. The number of nitrogens with two attached hydrogens (primary N) is 3. The Balaban J connectivity index is 2.92. The number of carbonyl (C=O) groups is 5. The number of carboxylic acid groups (broad SMARTS) is 1. The molecule has 33 heavy (non-hydrogen) atoms. The molecule has 1 heterocycles. The molecule has 0 aliphatic heterocycles. The van der Waals surface area contributed by atoms with Crippen molar-refractivity contribution in [1.29, 1.82) is 0 Å². The van der Waals surface area contributed by atoms with E-state index in [9.17, 15) is 24.0 Å². The maximum absolute atomic E-state index is 13.0. The molecule has 0 aliphatic rings. The van der Waals surface area contributed by atoms with Gasteiger partial charge in [0.2, 0.25) is 23.6 Å². The highest BCUT2D eigenvalue weighted by Crippen LogP contribution is 2.05. The van der Waals surface area contributed by atoms with Crippen LogP contribution in [0.3, 0.4) is 0 Å². The monoisotopic (exact) mass is 468 g/mol. The first-order chi connectivity index (χ1) is 15.6. The number of nitrogens with zero attached hydrogens (tertiary/aromatic N) is 1. The predicted octanol–water partition coefficient (Wildman–Crippen LogP) is -3.16. The van der Waals surface area contributed by atoms with Gasteiger partial charge in [0, 0.05) is 24.7 Å². The van der Waals surface area contributed by atoms with Crippen LogP contribution in [-0.2, 0) is 30.4 Å². The summed E-state index contributed by atoms with van der Waals surface area (Å²) in [5.41, 5.74) is 16.9. The van der Waals surface area contributed by atoms with Crippen molar-refractivity contribution in [1.82, 2.24) is 25.9 Å². The summed E-state index contributed by atoms with van der Waals surface area (Å²) in [5.74, 6) is -3.87. The van der Waals surface area contributed by atoms with Crippen molar-refractivity contribution in [2.45, 2.75) is 56.7 Å². The third-order valence-corrected chi connectivity index (χ3v) is 4.64. The molecule has 0 saturated carbocycles. The number of aliphatic carboxylic acids is 1. The maximum atomic E-state index is 13.0. The van der Waals surface area contributed by atoms with Gasteiger partial charge in [0.1, 0.15) is 18.6 Å². The third-order valence-electron chi connectivity index (χ3n) is 4.64. The zero-order valence-electron chi connectivity index (χ0n) is 18.2. The number of aromatic nitrogens is 2. The largest absolute Gasteiger partial charge is 0.480 e. The van der Waals surface area contributed by atoms with Crippen LogP contribution in [0.5, 0.6) is 0 Å². The van der Waals surface area contributed by atoms with Gasteiger partial charge in [-0.3, -0.25) is 24.0 Å². The number of primary amides is 1. The number of imidazole rings is 1. The van der Waals surface area contributed by atoms with E-state index in [-0.39, 0.29) is 25.7 Å². The summed E-state index contributed by atoms with van der Waals surface area (Å²) in [6.07, 6.45) is 4.12. The van der Waals surface area contributed by atoms with E-state index in [1.54, 1.807) is 0 Å². The first-order valence-electron chi connectivity index (χ1n) is 10.5. The Bertz CT molecular complexity index is 800. The summed E-state index contributed by atoms with van der Waals surface area (Å²) >= 11 is 0. The van der Waals surface area contributed by atoms with Crippen molar-refractivity contribution >= 4 is 29.6 Å². The number of hydrogen-bond donors (Lipinski definition) is 8. The second-order valence-electron chi connectivity index (χ2n) is 7.41. The minimum absolute atomic E-state index is 0.00112. The summed E-state index contributed by atoms with van der Waals surface area (Å²) < 4.78 is 0. The molecule has 14 nitrogen and oxygen atoms in total. The van der Waals surface area contributed by atoms with Crippen LogP contribution in [0.15, 0.2) is 12.5 Å². The van der Waals surface area contributed by atoms with E-state index in [2.05, 4.69) is 25.9 Å². The lowest BCUT2D eigenvalue weighted by molar-refractivity contribution is -0.138. The van der Waals surface area contributed by atoms with Gasteiger partial charge >= 0.3 is 5.97 Å². The molecule has 0 radical (unpaired) electrons. The van der Waals surface area contributed by atoms with Gasteiger partial charge < -0.3 is 43.2 Å². The molecule has 0 bridgehead atoms. The highest BCUT2D eigenvalue weighted by Gasteiger charge is 2.28. The second kappa shape index (κ2) is 14.5. The third kappa shape index (κ3) is 11.1. The summed E-state index contributed by atoms with van der Waals surface area (Å²) in [4.78, 5) is 66.2. The van der Waals surface area contributed by atoms with Gasteiger partial charge in [0.25, 0.3) is 0 Å². The smallest absolute Gasteiger partial charge is 0.322 e. The number of carbonyl (C=O) groups excluding carboxylic acids is 4. The van der Waals surface area contributed by atoms with Gasteiger partial charge in [-0.1, -0.05) is 0 Å². The Labute approximate surface area is 190 Å². The van der Waals surface area contributed by atoms with Crippen molar-refractivity contribution in [2.75, 3.05) is 13.1 Å². The Morgan fingerprint density at radius 1 is 1.03 bits per heavy atom. The lowest BCUT2D eigenvalue weighted by Gasteiger charge is -2.24. The van der Waals surface area contributed by atoms with E-state index in [1.165, 1.54) is 12.5 Å². The van der Waals surface area contributed by atoms with Gasteiger partial charge in [-0.15, -0.1) is 0 Å². The molecule has 1 aromatic rings. The lowest BCUT2D eigenvalue weighted by Crippen LogP contribution is -2.56. The molecule has 3 unspecified atom stereocenters. The maximum Gasteiger partial charge on any atom is 0.322 e. The van der Waals surface area contributed by atoms with Gasteiger partial charge in [-0.25, -0.2) is 4.98 Å². The van der Waals surface area contributed by atoms with Crippen molar-refractivity contribution in [2.24, 2.45) is 17.2 Å². The van der Waals surface area contributed by atoms with Crippen molar-refractivity contribution in [3.05, 3.63) is 18.2 Å². The van der Waals surface area contributed by atoms with E-state index < -0.39 is 54.3 Å². The van der Waals surface area contributed by atoms with Crippen LogP contribution in [-0.4, -0.2) is 75.9 Å². The number of rotatable bonds is 16. The fourth-order valence-electron chi connectivity index (χ4n) is 2.85. The summed E-state index contributed by atoms with van der Waals surface area (Å²) in [6, 6.07) is -3.23. The zero-order valence-corrected chi connectivity index (χ0v) is 18.2. The van der Waals surface area contributed by atoms with Gasteiger partial charge in [-0.2, -0.15) is 0 Å². The fourth-order valence-corrected chi connectivity index (χ4v) is 2.85. The summed E-state index contributed by atoms with van der Waals surface area (Å²) in [6.45, 7) is -0.218. The number of amides is 4. The summed E-state index contributed by atoms with van der Waals surface area (Å²) in [7, 11) is 0. The molecule has 0 aromatic carbocycles. The van der Waals surface area contributed by atoms with E-state index in [4.69, 9.17) is 22.3 Å². The van der Waals surface area contributed by atoms with E-state index in [1.807, 2.05) is 0 Å². The summed E-state index contributed by atoms with van der Waals surface area (Å²) in [5, 5.41) is 16.1. The fraction of sp³-hybridized carbons (Fsp3) is 0.579. The first-order valence-corrected chi connectivity index (χ1v) is 10.5. The van der Waals surface area contributed by atoms with E-state index in [0.717, 1.165) is 0 Å². The number of unbranched alkanes of at least 4 members (excludes halogenated alkanes) is 1. The molecule has 0 spiro atoms. The van der Waals surface area contributed by atoms with Crippen LogP contribution >= 0.6 is 0 Å². The average molecular weight is 469 g/mol. The number of H-pyrrole nitrogens is 1. The van der Waals surface area contributed by atoms with Crippen LogP contribution in [0, 0.1) is 0 Å². The molecular weight excluding hydrogens is 436 g/mol. The van der Waals surface area contributed by atoms with Crippen LogP contribution in [0.2, 0.25) is 0 Å². The van der Waals surface area contributed by atoms with E-state index >= 15 is 0 Å². The van der Waals surface area contributed by atoms with Gasteiger partial charge in [0.15, 0.2) is 0 Å². The first kappa shape index (κ1) is 27.5. The highest BCUT2D eigenvalue weighted by atomic mass is 16.4. The second-order valence-corrected chi connectivity index (χ2v) is 7.41. The molecule has 1 rings (SSSR count). The Hall–Kier alpha value is -3.52. The number of aromatic amines is 1. The lowest BCUT2D eigenvalue weighted by atomic mass is 10.1. The molecule has 11 N–H and O–H groups in total. The zero-order chi connectivity index (χ0) is 24.8. The minimum Gasteiger partial charge on any atom is -0.480 e. The molecule has 1 aromatic heterocycles. The topological polar surface area (TPSA) is 248 Å². The Morgan fingerprint density at radius 2 is 1.73 bits per heavy atom. The molecule has 0 fully saturated rings. The SMILES string of the molecule is NCCCCC(NC(=O)C(Cc1cnc[nH]1)NC(=O)C(N)CCC(N)=O)C(=O)NCC(=O)O. The van der Waals surface area contributed by atoms with Crippen LogP contribution < -0.4 is 33.2 Å². The molecule has 14 heteroatoms. The van der Waals surface area contributed by atoms with Crippen LogP contribution in [0.25, 0.3) is 0 Å². The van der Waals surface area contributed by atoms with Crippen molar-refractivity contribution in [3.8, 4) is 0 Å². The van der Waals surface area contributed by atoms with Crippen LogP contribution in [0.1, 0.15) is 37.8 Å². The average Bonchev–Trinajstić information content (AvgIpc) is 3.27. The molecule has 184 valence electrons. The number of hydrogen-bond acceptors (Lipinski definition) is 8. The van der Waals surface area contributed by atoms with Gasteiger partial charge in [-0.05, 0) is 32.2 Å². The number of carboxylic acids is 1. The minimum atomic E-state index is -1.23. The Kier molecular flexibility index (Phi) is 12.1. The number of nitrogens with one attached hydrogen (secondary N) is 4. The quantitative estimate of drug-likeness (QED) is 0.114. The molecule has 4 amide bonds. The van der Waals surface area contributed by atoms with Gasteiger partial charge in [0.05, 0.1) is 12.4 Å². The molecule has 3 atom stereocenters. The van der Waals surface area contributed by atoms with E-state index in [0.29, 0.717) is 25.1 Å².